The second kappa shape index (κ2) is 27.7. The molecule has 0 bridgehead atoms. The SMILES string of the molecule is COCCC(=O)Nc1cc(-c2n[nH]c3c(CC(C)CCC(=O)Nc4cc(C(=N)c5cc(OC(C)C)cc(-c6cc(C(=O)Nc7cc(C(=N)c8cc(OC(C)C)ccc8N)ccn7)cc(N/C=N\N)n6)c5N)ccn4)cc(OC(C)C)cc23)ccn1. The lowest BCUT2D eigenvalue weighted by Crippen LogP contribution is -2.16. The summed E-state index contributed by atoms with van der Waals surface area (Å²) in [7, 11) is 1.54. The molecule has 3 amide bonds. The van der Waals surface area contributed by atoms with Gasteiger partial charge < -0.3 is 57.5 Å². The minimum Gasteiger partial charge on any atom is -0.491 e. The first-order valence-corrected chi connectivity index (χ1v) is 27.6. The molecule has 1 unspecified atom stereocenters. The van der Waals surface area contributed by atoms with Gasteiger partial charge in [-0.25, -0.2) is 19.9 Å². The van der Waals surface area contributed by atoms with Crippen LogP contribution in [-0.2, 0) is 20.7 Å². The summed E-state index contributed by atoms with van der Waals surface area (Å²) < 4.78 is 23.3. The van der Waals surface area contributed by atoms with E-state index in [1.54, 1.807) is 66.9 Å². The number of carbonyl (C=O) groups is 3. The van der Waals surface area contributed by atoms with E-state index in [4.69, 9.17) is 51.7 Å². The zero-order chi connectivity index (χ0) is 60.9. The van der Waals surface area contributed by atoms with Gasteiger partial charge in [-0.2, -0.15) is 10.2 Å². The Labute approximate surface area is 492 Å². The van der Waals surface area contributed by atoms with Crippen LogP contribution in [0.15, 0.2) is 115 Å². The number of nitrogens with zero attached hydrogens (tertiary/aromatic N) is 6. The molecule has 5 heterocycles. The number of aromatic amines is 1. The summed E-state index contributed by atoms with van der Waals surface area (Å²) in [6, 6.07) is 25.5. The van der Waals surface area contributed by atoms with Gasteiger partial charge in [-0.3, -0.25) is 30.3 Å². The highest BCUT2D eigenvalue weighted by molar-refractivity contribution is 6.17. The van der Waals surface area contributed by atoms with Crippen LogP contribution in [0.25, 0.3) is 33.4 Å². The lowest BCUT2D eigenvalue weighted by Gasteiger charge is -2.18. The van der Waals surface area contributed by atoms with E-state index in [0.717, 1.165) is 22.0 Å². The Morgan fingerprint density at radius 1 is 0.659 bits per heavy atom. The number of H-pyrrole nitrogens is 1. The van der Waals surface area contributed by atoms with Gasteiger partial charge >= 0.3 is 0 Å². The van der Waals surface area contributed by atoms with Crippen molar-refractivity contribution in [2.24, 2.45) is 16.9 Å². The van der Waals surface area contributed by atoms with Gasteiger partial charge in [-0.1, -0.05) is 6.92 Å². The molecule has 23 nitrogen and oxygen atoms in total. The quantitative estimate of drug-likeness (QED) is 0.00792. The standard InChI is InChI=1S/C62H70N16O7/c1-33(2)83-42-10-11-49(63)45(28-42)57(64)37-13-18-70-53(25-37)76-62(81)41-23-50(73-54(27-41)71-32-72-67)46-29-44(85-35(5)6)30-47(59(46)66)58(65)38-14-17-68-51(24-38)74-55(79)12-9-36(7)21-40-22-43(84-34(3)4)31-48-60(77-78-61(40)48)39-15-19-69-52(26-39)75-56(80)16-20-82-8/h10-11,13-15,17-19,22-36,64-65H,9,12,16,20-21,63,66-67H2,1-8H3,(H,77,78)(H,68,74,79)(H,69,75,80)(H,70,76,81)(H,71,72,73). The van der Waals surface area contributed by atoms with Crippen LogP contribution in [0, 0.1) is 16.7 Å². The monoisotopic (exact) mass is 1150 g/mol. The first-order valence-electron chi connectivity index (χ1n) is 27.6. The number of hydrazone groups is 1. The largest absolute Gasteiger partial charge is 0.491 e. The minimum atomic E-state index is -0.575. The molecule has 0 fully saturated rings. The first-order chi connectivity index (χ1) is 40.7. The number of benzene rings is 3. The first kappa shape index (κ1) is 60.8. The molecule has 8 aromatic rings. The lowest BCUT2D eigenvalue weighted by molar-refractivity contribution is -0.117. The van der Waals surface area contributed by atoms with Crippen LogP contribution >= 0.6 is 0 Å². The summed E-state index contributed by atoms with van der Waals surface area (Å²) in [6.07, 6.45) is 6.83. The van der Waals surface area contributed by atoms with E-state index in [1.165, 1.54) is 38.0 Å². The maximum atomic E-state index is 14.2. The third-order valence-electron chi connectivity index (χ3n) is 13.1. The maximum Gasteiger partial charge on any atom is 0.257 e. The number of nitrogen functional groups attached to an aromatic ring is 2. The van der Waals surface area contributed by atoms with E-state index >= 15 is 0 Å². The molecule has 13 N–H and O–H groups in total. The highest BCUT2D eigenvalue weighted by Gasteiger charge is 2.23. The number of aromatic nitrogens is 6. The van der Waals surface area contributed by atoms with Crippen molar-refractivity contribution in [2.75, 3.05) is 46.5 Å². The minimum absolute atomic E-state index is 0.00881. The molecule has 1 atom stereocenters. The Balaban J connectivity index is 0.987. The van der Waals surface area contributed by atoms with Gasteiger partial charge in [-0.15, -0.1) is 0 Å². The van der Waals surface area contributed by atoms with Gasteiger partial charge in [0.15, 0.2) is 0 Å². The van der Waals surface area contributed by atoms with Crippen molar-refractivity contribution >= 4 is 81.0 Å². The van der Waals surface area contributed by atoms with Gasteiger partial charge in [0.2, 0.25) is 11.8 Å². The van der Waals surface area contributed by atoms with Crippen molar-refractivity contribution in [3.63, 3.8) is 0 Å². The average molecular weight is 1150 g/mol. The number of anilines is 6. The number of ether oxygens (including phenoxy) is 4. The van der Waals surface area contributed by atoms with Gasteiger partial charge in [0, 0.05) is 82.1 Å². The van der Waals surface area contributed by atoms with Gasteiger partial charge in [0.25, 0.3) is 5.91 Å². The van der Waals surface area contributed by atoms with Gasteiger partial charge in [0.05, 0.1) is 59.7 Å². The van der Waals surface area contributed by atoms with Crippen LogP contribution in [0.4, 0.5) is 34.6 Å². The lowest BCUT2D eigenvalue weighted by atomic mass is 9.94. The number of hydrogen-bond acceptors (Lipinski definition) is 18. The number of amides is 3. The van der Waals surface area contributed by atoms with E-state index in [1.807, 2.05) is 59.7 Å². The summed E-state index contributed by atoms with van der Waals surface area (Å²) in [5.74, 6) is 7.00. The molecule has 0 saturated heterocycles. The highest BCUT2D eigenvalue weighted by Crippen LogP contribution is 2.37. The van der Waals surface area contributed by atoms with Crippen LogP contribution in [0.2, 0.25) is 0 Å². The van der Waals surface area contributed by atoms with Crippen molar-refractivity contribution in [1.82, 2.24) is 30.1 Å². The molecule has 0 radical (unpaired) electrons. The van der Waals surface area contributed by atoms with E-state index in [-0.39, 0.29) is 107 Å². The number of methoxy groups -OCH3 is 1. The van der Waals surface area contributed by atoms with Crippen molar-refractivity contribution in [2.45, 2.75) is 92.5 Å². The van der Waals surface area contributed by atoms with Crippen molar-refractivity contribution in [3.8, 4) is 39.8 Å². The third kappa shape index (κ3) is 15.8. The molecular weight excluding hydrogens is 1080 g/mol. The Kier molecular flexibility index (Phi) is 19.8. The molecule has 440 valence electrons. The number of hydrogen-bond donors (Lipinski definition) is 10. The number of pyridine rings is 4. The average Bonchev–Trinajstić information content (AvgIpc) is 3.47. The van der Waals surface area contributed by atoms with E-state index < -0.39 is 5.91 Å². The molecule has 8 rings (SSSR count). The zero-order valence-corrected chi connectivity index (χ0v) is 48.6. The molecule has 3 aromatic carbocycles. The molecule has 5 aromatic heterocycles. The second-order valence-corrected chi connectivity index (χ2v) is 21.0. The predicted molar refractivity (Wildman–Crippen MR) is 332 cm³/mol. The van der Waals surface area contributed by atoms with Gasteiger partial charge in [0.1, 0.15) is 52.6 Å². The fourth-order valence-electron chi connectivity index (χ4n) is 9.26. The van der Waals surface area contributed by atoms with Crippen LogP contribution in [0.3, 0.4) is 0 Å². The fourth-order valence-corrected chi connectivity index (χ4v) is 9.26. The number of nitrogens with one attached hydrogen (secondary N) is 7. The number of fused-ring (bicyclic) bond motifs is 1. The summed E-state index contributed by atoms with van der Waals surface area (Å²) >= 11 is 0. The van der Waals surface area contributed by atoms with Crippen molar-refractivity contribution in [1.29, 1.82) is 10.8 Å². The van der Waals surface area contributed by atoms with Gasteiger partial charge in [-0.05, 0) is 157 Å². The number of rotatable bonds is 26. The van der Waals surface area contributed by atoms with Crippen LogP contribution in [-0.4, -0.2) is 97.6 Å². The zero-order valence-electron chi connectivity index (χ0n) is 48.6. The molecule has 0 aliphatic heterocycles. The maximum absolute atomic E-state index is 14.2. The summed E-state index contributed by atoms with van der Waals surface area (Å²) in [6.45, 7) is 13.8. The number of nitrogens with two attached hydrogens (primary N) is 3. The predicted octanol–water partition coefficient (Wildman–Crippen LogP) is 9.97. The molecule has 0 saturated carbocycles. The van der Waals surface area contributed by atoms with Crippen molar-refractivity contribution < 1.29 is 33.3 Å². The smallest absolute Gasteiger partial charge is 0.257 e. The van der Waals surface area contributed by atoms with E-state index in [2.05, 4.69) is 53.3 Å². The molecule has 85 heavy (non-hydrogen) atoms. The Bertz CT molecular complexity index is 3800. The highest BCUT2D eigenvalue weighted by atomic mass is 16.5. The van der Waals surface area contributed by atoms with E-state index in [9.17, 15) is 19.8 Å². The summed E-state index contributed by atoms with van der Waals surface area (Å²) in [5, 5.41) is 42.3. The second-order valence-electron chi connectivity index (χ2n) is 21.0. The Morgan fingerprint density at radius 3 is 1.91 bits per heavy atom. The molecule has 0 spiro atoms. The molecular formula is C62H70N16O7. The summed E-state index contributed by atoms with van der Waals surface area (Å²) in [5.41, 5.74) is 19.4. The van der Waals surface area contributed by atoms with Crippen LogP contribution < -0.4 is 52.8 Å². The topological polar surface area (TPSA) is 355 Å². The van der Waals surface area contributed by atoms with Crippen LogP contribution in [0.1, 0.15) is 106 Å². The summed E-state index contributed by atoms with van der Waals surface area (Å²) in [4.78, 5) is 58.1. The van der Waals surface area contributed by atoms with E-state index in [0.29, 0.717) is 69.5 Å². The van der Waals surface area contributed by atoms with Crippen molar-refractivity contribution in [3.05, 3.63) is 143 Å². The van der Waals surface area contributed by atoms with Crippen LogP contribution in [0.5, 0.6) is 17.2 Å². The molecule has 0 aliphatic carbocycles. The fraction of sp³-hybridized carbons (Fsp3) is 0.274. The Hall–Kier alpha value is -10.3. The Morgan fingerprint density at radius 2 is 1.25 bits per heavy atom. The number of carbonyl (C=O) groups excluding carboxylic acids is 3. The molecule has 0 aliphatic rings. The normalized spacial score (nSPS) is 11.7. The molecule has 23 heteroatoms. The third-order valence-corrected chi connectivity index (χ3v) is 13.1.